The first-order chi connectivity index (χ1) is 11.9. The third-order valence-electron chi connectivity index (χ3n) is 4.61. The van der Waals surface area contributed by atoms with Gasteiger partial charge in [0.2, 0.25) is 0 Å². The van der Waals surface area contributed by atoms with Crippen molar-refractivity contribution in [1.29, 1.82) is 0 Å². The molecule has 5 nitrogen and oxygen atoms in total. The number of nitrogens with zero attached hydrogens (tertiary/aromatic N) is 1. The van der Waals surface area contributed by atoms with E-state index in [4.69, 9.17) is 4.74 Å². The van der Waals surface area contributed by atoms with Crippen LogP contribution in [-0.4, -0.2) is 50.9 Å². The zero-order chi connectivity index (χ0) is 18.0. The van der Waals surface area contributed by atoms with Crippen LogP contribution in [-0.2, 0) is 9.84 Å². The molecule has 25 heavy (non-hydrogen) atoms. The van der Waals surface area contributed by atoms with Gasteiger partial charge in [0.1, 0.15) is 5.75 Å². The van der Waals surface area contributed by atoms with Gasteiger partial charge in [-0.2, -0.15) is 0 Å². The van der Waals surface area contributed by atoms with Gasteiger partial charge >= 0.3 is 0 Å². The summed E-state index contributed by atoms with van der Waals surface area (Å²) in [6, 6.07) is 14.7. The van der Waals surface area contributed by atoms with E-state index in [1.165, 1.54) is 0 Å². The molecule has 0 aromatic heterocycles. The van der Waals surface area contributed by atoms with E-state index >= 15 is 0 Å². The highest BCUT2D eigenvalue weighted by Crippen LogP contribution is 2.31. The zero-order valence-electron chi connectivity index (χ0n) is 14.3. The molecule has 1 atom stereocenters. The molecule has 0 N–H and O–H groups in total. The molecule has 2 aromatic rings. The summed E-state index contributed by atoms with van der Waals surface area (Å²) in [7, 11) is 0.231. The molecule has 0 saturated carbocycles. The van der Waals surface area contributed by atoms with Crippen LogP contribution in [0.4, 0.5) is 0 Å². The molecule has 0 bridgehead atoms. The van der Waals surface area contributed by atoms with Gasteiger partial charge in [0, 0.05) is 24.2 Å². The Kier molecular flexibility index (Phi) is 4.81. The number of benzene rings is 2. The minimum absolute atomic E-state index is 0.0386. The summed E-state index contributed by atoms with van der Waals surface area (Å²) in [5.41, 5.74) is 2.31. The Morgan fingerprint density at radius 2 is 1.88 bits per heavy atom. The predicted molar refractivity (Wildman–Crippen MR) is 97.6 cm³/mol. The van der Waals surface area contributed by atoms with Gasteiger partial charge in [-0.15, -0.1) is 0 Å². The van der Waals surface area contributed by atoms with E-state index in [2.05, 4.69) is 0 Å². The minimum atomic E-state index is -3.03. The summed E-state index contributed by atoms with van der Waals surface area (Å²) < 4.78 is 28.8. The molecule has 1 fully saturated rings. The highest BCUT2D eigenvalue weighted by atomic mass is 32.2. The van der Waals surface area contributed by atoms with Crippen LogP contribution in [0.3, 0.4) is 0 Å². The normalized spacial score (nSPS) is 18.7. The number of carbonyl (C=O) groups excluding carboxylic acids is 1. The fourth-order valence-corrected chi connectivity index (χ4v) is 4.91. The lowest BCUT2D eigenvalue weighted by atomic mass is 10.0. The zero-order valence-corrected chi connectivity index (χ0v) is 15.1. The average molecular weight is 359 g/mol. The summed E-state index contributed by atoms with van der Waals surface area (Å²) in [5, 5.41) is 0. The topological polar surface area (TPSA) is 63.7 Å². The predicted octanol–water partition coefficient (Wildman–Crippen LogP) is 2.62. The van der Waals surface area contributed by atoms with Crippen LogP contribution in [0.1, 0.15) is 16.8 Å². The van der Waals surface area contributed by atoms with Crippen molar-refractivity contribution < 1.29 is 17.9 Å². The molecule has 1 aliphatic rings. The number of methoxy groups -OCH3 is 1. The highest BCUT2D eigenvalue weighted by Gasteiger charge is 2.33. The second kappa shape index (κ2) is 6.88. The molecule has 0 spiro atoms. The Morgan fingerprint density at radius 1 is 1.16 bits per heavy atom. The monoisotopic (exact) mass is 359 g/mol. The van der Waals surface area contributed by atoms with Crippen molar-refractivity contribution in [2.45, 2.75) is 12.5 Å². The summed E-state index contributed by atoms with van der Waals surface area (Å²) >= 11 is 0. The van der Waals surface area contributed by atoms with Gasteiger partial charge < -0.3 is 9.64 Å². The Balaban J connectivity index is 1.91. The molecule has 6 heteroatoms. The van der Waals surface area contributed by atoms with Crippen molar-refractivity contribution in [2.75, 3.05) is 25.7 Å². The number of carbonyl (C=O) groups is 1. The molecular formula is C19H21NO4S. The maximum atomic E-state index is 12.8. The highest BCUT2D eigenvalue weighted by molar-refractivity contribution is 7.91. The van der Waals surface area contributed by atoms with Gasteiger partial charge in [0.25, 0.3) is 5.91 Å². The van der Waals surface area contributed by atoms with Crippen LogP contribution < -0.4 is 4.74 Å². The molecule has 132 valence electrons. The second-order valence-corrected chi connectivity index (χ2v) is 8.48. The summed E-state index contributed by atoms with van der Waals surface area (Å²) in [4.78, 5) is 14.4. The minimum Gasteiger partial charge on any atom is -0.496 e. The molecule has 2 aromatic carbocycles. The van der Waals surface area contributed by atoms with E-state index in [0.29, 0.717) is 17.7 Å². The third kappa shape index (κ3) is 3.69. The van der Waals surface area contributed by atoms with E-state index < -0.39 is 9.84 Å². The van der Waals surface area contributed by atoms with Crippen LogP contribution >= 0.6 is 0 Å². The molecule has 1 saturated heterocycles. The first kappa shape index (κ1) is 17.5. The van der Waals surface area contributed by atoms with Crippen LogP contribution in [0.25, 0.3) is 11.1 Å². The maximum Gasteiger partial charge on any atom is 0.253 e. The fourth-order valence-electron chi connectivity index (χ4n) is 3.13. The first-order valence-corrected chi connectivity index (χ1v) is 9.94. The Labute approximate surface area is 148 Å². The van der Waals surface area contributed by atoms with Gasteiger partial charge in [0.05, 0.1) is 18.6 Å². The van der Waals surface area contributed by atoms with Crippen molar-refractivity contribution in [3.8, 4) is 16.9 Å². The van der Waals surface area contributed by atoms with E-state index in [1.807, 2.05) is 30.3 Å². The van der Waals surface area contributed by atoms with Crippen molar-refractivity contribution in [3.63, 3.8) is 0 Å². The number of hydrogen-bond donors (Lipinski definition) is 0. The van der Waals surface area contributed by atoms with Crippen LogP contribution in [0, 0.1) is 0 Å². The van der Waals surface area contributed by atoms with Gasteiger partial charge in [-0.05, 0) is 30.2 Å². The first-order valence-electron chi connectivity index (χ1n) is 8.12. The fraction of sp³-hybridized carbons (Fsp3) is 0.316. The molecule has 1 aliphatic heterocycles. The van der Waals surface area contributed by atoms with Crippen molar-refractivity contribution in [2.24, 2.45) is 0 Å². The van der Waals surface area contributed by atoms with Gasteiger partial charge in [-0.3, -0.25) is 4.79 Å². The number of ether oxygens (including phenoxy) is 1. The van der Waals surface area contributed by atoms with Crippen molar-refractivity contribution in [3.05, 3.63) is 54.1 Å². The Bertz CT molecular complexity index is 878. The Hall–Kier alpha value is -2.34. The van der Waals surface area contributed by atoms with Crippen molar-refractivity contribution >= 4 is 15.7 Å². The number of amides is 1. The van der Waals surface area contributed by atoms with Gasteiger partial charge in [0.15, 0.2) is 9.84 Å². The van der Waals surface area contributed by atoms with Crippen LogP contribution in [0.15, 0.2) is 48.5 Å². The van der Waals surface area contributed by atoms with Crippen LogP contribution in [0.5, 0.6) is 5.75 Å². The molecule has 3 rings (SSSR count). The quantitative estimate of drug-likeness (QED) is 0.842. The van der Waals surface area contributed by atoms with Crippen molar-refractivity contribution in [1.82, 2.24) is 4.90 Å². The summed E-state index contributed by atoms with van der Waals surface area (Å²) in [5.74, 6) is 0.695. The number of rotatable bonds is 4. The smallest absolute Gasteiger partial charge is 0.253 e. The second-order valence-electron chi connectivity index (χ2n) is 6.25. The van der Waals surface area contributed by atoms with E-state index in [9.17, 15) is 13.2 Å². The Morgan fingerprint density at radius 3 is 2.48 bits per heavy atom. The van der Waals surface area contributed by atoms with E-state index in [0.717, 1.165) is 11.1 Å². The summed E-state index contributed by atoms with van der Waals surface area (Å²) in [6.07, 6.45) is 0.492. The number of sulfone groups is 1. The summed E-state index contributed by atoms with van der Waals surface area (Å²) in [6.45, 7) is 0. The molecule has 1 heterocycles. The lowest BCUT2D eigenvalue weighted by Gasteiger charge is -2.24. The molecular weight excluding hydrogens is 338 g/mol. The van der Waals surface area contributed by atoms with Crippen LogP contribution in [0.2, 0.25) is 0 Å². The molecule has 1 amide bonds. The largest absolute Gasteiger partial charge is 0.496 e. The van der Waals surface area contributed by atoms with Gasteiger partial charge in [-0.1, -0.05) is 30.3 Å². The SMILES string of the molecule is COc1ccc(C(=O)N(C)C2CCS(=O)(=O)C2)cc1-c1ccccc1. The molecule has 0 aliphatic carbocycles. The molecule has 0 radical (unpaired) electrons. The standard InChI is InChI=1S/C19H21NO4S/c1-20(16-10-11-25(22,23)13-16)19(21)15-8-9-18(24-2)17(12-15)14-6-4-3-5-7-14/h3-9,12,16H,10-11,13H2,1-2H3. The lowest BCUT2D eigenvalue weighted by molar-refractivity contribution is 0.0747. The number of hydrogen-bond acceptors (Lipinski definition) is 4. The lowest BCUT2D eigenvalue weighted by Crippen LogP contribution is -2.37. The van der Waals surface area contributed by atoms with E-state index in [-0.39, 0.29) is 23.5 Å². The van der Waals surface area contributed by atoms with Gasteiger partial charge in [-0.25, -0.2) is 8.42 Å². The van der Waals surface area contributed by atoms with E-state index in [1.54, 1.807) is 37.3 Å². The molecule has 1 unspecified atom stereocenters. The average Bonchev–Trinajstić information content (AvgIpc) is 3.00. The third-order valence-corrected chi connectivity index (χ3v) is 6.36. The maximum absolute atomic E-state index is 12.8.